The maximum Gasteiger partial charge on any atom is 0.240 e. The Morgan fingerprint density at radius 2 is 2.10 bits per heavy atom. The maximum absolute atomic E-state index is 12.3. The Labute approximate surface area is 142 Å². The lowest BCUT2D eigenvalue weighted by Crippen LogP contribution is -2.40. The van der Waals surface area contributed by atoms with E-state index in [0.29, 0.717) is 5.02 Å². The van der Waals surface area contributed by atoms with Crippen molar-refractivity contribution in [2.24, 2.45) is 5.73 Å². The van der Waals surface area contributed by atoms with Crippen LogP contribution in [0.3, 0.4) is 0 Å². The number of thioether (sulfide) groups is 1. The van der Waals surface area contributed by atoms with Gasteiger partial charge in [-0.2, -0.15) is 0 Å². The number of unbranched alkanes of at least 4 members (excludes halogenated alkanes) is 1. The Hall–Kier alpha value is 0.0200. The van der Waals surface area contributed by atoms with E-state index in [1.807, 2.05) is 6.26 Å². The molecule has 0 fully saturated rings. The molecule has 0 radical (unpaired) electrons. The molecule has 0 saturated carbocycles. The summed E-state index contributed by atoms with van der Waals surface area (Å²) in [5.41, 5.74) is 5.62. The Balaban J connectivity index is 0.00000400. The van der Waals surface area contributed by atoms with Crippen molar-refractivity contribution in [3.63, 3.8) is 0 Å². The summed E-state index contributed by atoms with van der Waals surface area (Å²) >= 11 is 7.53. The molecule has 1 atom stereocenters. The van der Waals surface area contributed by atoms with Crippen LogP contribution >= 0.6 is 35.8 Å². The van der Waals surface area contributed by atoms with Crippen LogP contribution in [-0.2, 0) is 10.0 Å². The molecule has 0 aliphatic heterocycles. The number of hydrogen-bond donors (Lipinski definition) is 2. The van der Waals surface area contributed by atoms with Gasteiger partial charge >= 0.3 is 0 Å². The topological polar surface area (TPSA) is 72.2 Å². The molecule has 0 aromatic heterocycles. The summed E-state index contributed by atoms with van der Waals surface area (Å²) in [5, 5.41) is 0.443. The van der Waals surface area contributed by atoms with Gasteiger partial charge in [-0.05, 0) is 30.9 Å². The minimum absolute atomic E-state index is 0. The second-order valence-corrected chi connectivity index (χ2v) is 7.46. The van der Waals surface area contributed by atoms with Crippen LogP contribution in [0.4, 0.5) is 0 Å². The zero-order valence-electron chi connectivity index (χ0n) is 12.1. The lowest BCUT2D eigenvalue weighted by Gasteiger charge is -2.17. The van der Waals surface area contributed by atoms with Gasteiger partial charge in [0.25, 0.3) is 0 Å². The highest BCUT2D eigenvalue weighted by Gasteiger charge is 2.19. The molecule has 0 spiro atoms. The molecular weight excluding hydrogens is 351 g/mol. The third kappa shape index (κ3) is 6.34. The van der Waals surface area contributed by atoms with Gasteiger partial charge in [0.15, 0.2) is 0 Å². The lowest BCUT2D eigenvalue weighted by molar-refractivity contribution is 0.516. The van der Waals surface area contributed by atoms with E-state index in [1.54, 1.807) is 12.1 Å². The van der Waals surface area contributed by atoms with Crippen molar-refractivity contribution in [2.45, 2.75) is 42.0 Å². The smallest absolute Gasteiger partial charge is 0.240 e. The number of halogens is 2. The number of nitrogens with one attached hydrogen (secondary N) is 1. The van der Waals surface area contributed by atoms with Crippen molar-refractivity contribution in [3.8, 4) is 0 Å². The van der Waals surface area contributed by atoms with E-state index < -0.39 is 10.0 Å². The van der Waals surface area contributed by atoms with Gasteiger partial charge < -0.3 is 5.73 Å². The molecule has 0 amide bonds. The molecule has 1 unspecified atom stereocenters. The summed E-state index contributed by atoms with van der Waals surface area (Å²) < 4.78 is 27.2. The van der Waals surface area contributed by atoms with Crippen LogP contribution in [0.15, 0.2) is 28.0 Å². The van der Waals surface area contributed by atoms with E-state index in [1.165, 1.54) is 17.8 Å². The molecule has 8 heteroatoms. The fourth-order valence-electron chi connectivity index (χ4n) is 1.78. The van der Waals surface area contributed by atoms with Crippen LogP contribution in [0.5, 0.6) is 0 Å². The third-order valence-corrected chi connectivity index (χ3v) is 5.68. The maximum atomic E-state index is 12.3. The summed E-state index contributed by atoms with van der Waals surface area (Å²) in [5.74, 6) is 0. The zero-order valence-corrected chi connectivity index (χ0v) is 15.3. The molecule has 122 valence electrons. The zero-order chi connectivity index (χ0) is 15.2. The molecule has 1 aromatic rings. The first-order valence-electron chi connectivity index (χ1n) is 6.50. The van der Waals surface area contributed by atoms with Crippen LogP contribution in [0, 0.1) is 0 Å². The first-order valence-corrected chi connectivity index (χ1v) is 9.59. The van der Waals surface area contributed by atoms with Gasteiger partial charge in [-0.1, -0.05) is 31.4 Å². The number of sulfonamides is 1. The van der Waals surface area contributed by atoms with Gasteiger partial charge in [-0.25, -0.2) is 13.1 Å². The predicted molar refractivity (Wildman–Crippen MR) is 93.2 cm³/mol. The van der Waals surface area contributed by atoms with Gasteiger partial charge in [0.1, 0.15) is 0 Å². The Kier molecular flexibility index (Phi) is 9.93. The Bertz CT molecular complexity index is 539. The Morgan fingerprint density at radius 3 is 2.57 bits per heavy atom. The van der Waals surface area contributed by atoms with Gasteiger partial charge in [-0.3, -0.25) is 0 Å². The Morgan fingerprint density at radius 1 is 1.43 bits per heavy atom. The molecule has 1 aromatic carbocycles. The minimum Gasteiger partial charge on any atom is -0.329 e. The summed E-state index contributed by atoms with van der Waals surface area (Å²) in [7, 11) is -3.57. The highest BCUT2D eigenvalue weighted by molar-refractivity contribution is 7.98. The van der Waals surface area contributed by atoms with Crippen LogP contribution in [0.25, 0.3) is 0 Å². The van der Waals surface area contributed by atoms with Crippen molar-refractivity contribution in [1.29, 1.82) is 0 Å². The van der Waals surface area contributed by atoms with E-state index in [9.17, 15) is 8.42 Å². The van der Waals surface area contributed by atoms with Crippen molar-refractivity contribution in [2.75, 3.05) is 12.8 Å². The van der Waals surface area contributed by atoms with Crippen LogP contribution in [-0.4, -0.2) is 27.3 Å². The SMILES string of the molecule is CCCCC(CN)NS(=O)(=O)c1ccc(SC)c(Cl)c1.Cl. The van der Waals surface area contributed by atoms with Gasteiger partial charge in [-0.15, -0.1) is 24.2 Å². The molecule has 0 aliphatic rings. The highest BCUT2D eigenvalue weighted by Crippen LogP contribution is 2.27. The molecule has 4 nitrogen and oxygen atoms in total. The van der Waals surface area contributed by atoms with E-state index in [0.717, 1.165) is 24.2 Å². The lowest BCUT2D eigenvalue weighted by atomic mass is 10.1. The van der Waals surface area contributed by atoms with E-state index >= 15 is 0 Å². The van der Waals surface area contributed by atoms with Crippen molar-refractivity contribution in [3.05, 3.63) is 23.2 Å². The second kappa shape index (κ2) is 9.92. The van der Waals surface area contributed by atoms with Gasteiger partial charge in [0, 0.05) is 17.5 Å². The predicted octanol–water partition coefficient (Wildman–Crippen LogP) is 3.28. The molecule has 3 N–H and O–H groups in total. The quantitative estimate of drug-likeness (QED) is 0.686. The van der Waals surface area contributed by atoms with Gasteiger partial charge in [0.05, 0.1) is 9.92 Å². The highest BCUT2D eigenvalue weighted by atomic mass is 35.5. The largest absolute Gasteiger partial charge is 0.329 e. The van der Waals surface area contributed by atoms with E-state index in [4.69, 9.17) is 17.3 Å². The van der Waals surface area contributed by atoms with Crippen molar-refractivity contribution in [1.82, 2.24) is 4.72 Å². The van der Waals surface area contributed by atoms with E-state index in [2.05, 4.69) is 11.6 Å². The summed E-state index contributed by atoms with van der Waals surface area (Å²) in [6, 6.07) is 4.51. The van der Waals surface area contributed by atoms with Crippen molar-refractivity contribution < 1.29 is 8.42 Å². The summed E-state index contributed by atoms with van der Waals surface area (Å²) in [6.07, 6.45) is 4.58. The summed E-state index contributed by atoms with van der Waals surface area (Å²) in [4.78, 5) is 1.03. The van der Waals surface area contributed by atoms with Crippen LogP contribution in [0.1, 0.15) is 26.2 Å². The second-order valence-electron chi connectivity index (χ2n) is 4.49. The first kappa shape index (κ1) is 21.0. The fourth-order valence-corrected chi connectivity index (χ4v) is 4.02. The normalized spacial score (nSPS) is 12.8. The van der Waals surface area contributed by atoms with E-state index in [-0.39, 0.29) is 29.9 Å². The number of benzene rings is 1. The number of nitrogens with two attached hydrogens (primary N) is 1. The molecule has 21 heavy (non-hydrogen) atoms. The standard InChI is InChI=1S/C13H21ClN2O2S2.ClH/c1-3-4-5-10(9-15)16-20(17,18)11-6-7-13(19-2)12(14)8-11;/h6-8,10,16H,3-5,9,15H2,1-2H3;1H. The van der Waals surface area contributed by atoms with Crippen LogP contribution in [0.2, 0.25) is 5.02 Å². The molecule has 0 saturated heterocycles. The summed E-state index contributed by atoms with van der Waals surface area (Å²) in [6.45, 7) is 2.35. The average Bonchev–Trinajstić information content (AvgIpc) is 2.43. The molecule has 1 rings (SSSR count). The monoisotopic (exact) mass is 372 g/mol. The minimum atomic E-state index is -3.57. The molecule has 0 bridgehead atoms. The van der Waals surface area contributed by atoms with Gasteiger partial charge in [0.2, 0.25) is 10.0 Å². The number of hydrogen-bond acceptors (Lipinski definition) is 4. The van der Waals surface area contributed by atoms with Crippen LogP contribution < -0.4 is 10.5 Å². The number of rotatable bonds is 8. The molecule has 0 aliphatic carbocycles. The third-order valence-electron chi connectivity index (χ3n) is 2.95. The fraction of sp³-hybridized carbons (Fsp3) is 0.538. The molecular formula is C13H22Cl2N2O2S2. The first-order chi connectivity index (χ1) is 9.44. The average molecular weight is 373 g/mol. The molecule has 0 heterocycles. The van der Waals surface area contributed by atoms with Crippen molar-refractivity contribution >= 4 is 45.8 Å².